The zero-order valence-corrected chi connectivity index (χ0v) is 10.1. The van der Waals surface area contributed by atoms with Gasteiger partial charge in [-0.1, -0.05) is 13.3 Å². The third-order valence-corrected chi connectivity index (χ3v) is 2.49. The van der Waals surface area contributed by atoms with E-state index >= 15 is 0 Å². The maximum Gasteiger partial charge on any atom is 0.287 e. The maximum absolute atomic E-state index is 11.8. The Morgan fingerprint density at radius 1 is 1.59 bits per heavy atom. The smallest absolute Gasteiger partial charge is 0.287 e. The highest BCUT2D eigenvalue weighted by atomic mass is 16.6. The quantitative estimate of drug-likeness (QED) is 0.447. The number of nitro groups is 1. The van der Waals surface area contributed by atoms with Gasteiger partial charge in [-0.25, -0.2) is 0 Å². The van der Waals surface area contributed by atoms with Gasteiger partial charge < -0.3 is 4.98 Å². The molecular weight excluding hydrogens is 222 g/mol. The molecule has 0 spiro atoms. The van der Waals surface area contributed by atoms with Crippen LogP contribution >= 0.6 is 0 Å². The Balaban J connectivity index is 2.54. The summed E-state index contributed by atoms with van der Waals surface area (Å²) in [5.74, 6) is -0.128. The zero-order valence-electron chi connectivity index (χ0n) is 10.1. The maximum atomic E-state index is 11.8. The lowest BCUT2D eigenvalue weighted by Gasteiger charge is -2.14. The molecule has 1 aromatic heterocycles. The van der Waals surface area contributed by atoms with E-state index in [1.54, 1.807) is 0 Å². The van der Waals surface area contributed by atoms with Gasteiger partial charge in [-0.2, -0.15) is 0 Å². The standard InChI is InChI=1S/C11H17N3O3/c1-3-4-5-13(2)8-11(15)10-6-9(7-12-10)14(16)17/h6-7,12H,3-5,8H2,1-2H3. The van der Waals surface area contributed by atoms with Crippen molar-refractivity contribution in [2.45, 2.75) is 19.8 Å². The summed E-state index contributed by atoms with van der Waals surface area (Å²) in [6, 6.07) is 1.27. The normalized spacial score (nSPS) is 10.8. The number of aromatic nitrogens is 1. The van der Waals surface area contributed by atoms with E-state index in [1.165, 1.54) is 12.3 Å². The Bertz CT molecular complexity index is 400. The van der Waals surface area contributed by atoms with Gasteiger partial charge in [-0.05, 0) is 20.0 Å². The van der Waals surface area contributed by atoms with Crippen LogP contribution < -0.4 is 0 Å². The number of Topliss-reactive ketones (excluding diaryl/α,β-unsaturated/α-hetero) is 1. The molecule has 0 saturated heterocycles. The number of rotatable bonds is 7. The van der Waals surface area contributed by atoms with Crippen LogP contribution in [-0.4, -0.2) is 40.7 Å². The topological polar surface area (TPSA) is 79.2 Å². The molecule has 1 rings (SSSR count). The van der Waals surface area contributed by atoms with Gasteiger partial charge in [0, 0.05) is 6.07 Å². The second kappa shape index (κ2) is 6.15. The molecule has 0 aliphatic heterocycles. The van der Waals surface area contributed by atoms with Crippen LogP contribution in [0.25, 0.3) is 0 Å². The molecule has 94 valence electrons. The first-order valence-corrected chi connectivity index (χ1v) is 5.59. The van der Waals surface area contributed by atoms with Crippen molar-refractivity contribution in [3.63, 3.8) is 0 Å². The minimum Gasteiger partial charge on any atom is -0.353 e. The molecule has 0 amide bonds. The number of carbonyl (C=O) groups is 1. The van der Waals surface area contributed by atoms with Crippen molar-refractivity contribution in [2.24, 2.45) is 0 Å². The Kier molecular flexibility index (Phi) is 4.84. The fourth-order valence-electron chi connectivity index (χ4n) is 1.49. The van der Waals surface area contributed by atoms with Gasteiger partial charge in [0.15, 0.2) is 5.78 Å². The molecule has 0 atom stereocenters. The van der Waals surface area contributed by atoms with Crippen LogP contribution in [0.5, 0.6) is 0 Å². The molecule has 0 fully saturated rings. The number of ketones is 1. The third-order valence-electron chi connectivity index (χ3n) is 2.49. The molecule has 6 heteroatoms. The van der Waals surface area contributed by atoms with Crippen LogP contribution in [0.15, 0.2) is 12.3 Å². The SMILES string of the molecule is CCCCN(C)CC(=O)c1cc([N+](=O)[O-])c[nH]1. The summed E-state index contributed by atoms with van der Waals surface area (Å²) in [6.45, 7) is 3.21. The third kappa shape index (κ3) is 3.99. The Labute approximate surface area is 99.8 Å². The van der Waals surface area contributed by atoms with Crippen LogP contribution in [0.2, 0.25) is 0 Å². The first kappa shape index (κ1) is 13.4. The molecule has 1 heterocycles. The second-order valence-electron chi connectivity index (χ2n) is 4.04. The molecular formula is C11H17N3O3. The fourth-order valence-corrected chi connectivity index (χ4v) is 1.49. The van der Waals surface area contributed by atoms with Crippen molar-refractivity contribution in [3.8, 4) is 0 Å². The molecule has 6 nitrogen and oxygen atoms in total. The van der Waals surface area contributed by atoms with Crippen LogP contribution in [0.3, 0.4) is 0 Å². The molecule has 1 N–H and O–H groups in total. The van der Waals surface area contributed by atoms with E-state index in [2.05, 4.69) is 11.9 Å². The van der Waals surface area contributed by atoms with Gasteiger partial charge in [0.2, 0.25) is 0 Å². The molecule has 0 aliphatic rings. The van der Waals surface area contributed by atoms with Crippen molar-refractivity contribution >= 4 is 11.5 Å². The van der Waals surface area contributed by atoms with Gasteiger partial charge >= 0.3 is 0 Å². The van der Waals surface area contributed by atoms with Crippen molar-refractivity contribution in [3.05, 3.63) is 28.1 Å². The molecule has 17 heavy (non-hydrogen) atoms. The van der Waals surface area contributed by atoms with Crippen molar-refractivity contribution in [1.82, 2.24) is 9.88 Å². The van der Waals surface area contributed by atoms with Gasteiger partial charge in [0.1, 0.15) is 0 Å². The highest BCUT2D eigenvalue weighted by Gasteiger charge is 2.15. The second-order valence-corrected chi connectivity index (χ2v) is 4.04. The van der Waals surface area contributed by atoms with Crippen molar-refractivity contribution in [1.29, 1.82) is 0 Å². The summed E-state index contributed by atoms with van der Waals surface area (Å²) in [5.41, 5.74) is 0.213. The number of hydrogen-bond donors (Lipinski definition) is 1. The lowest BCUT2D eigenvalue weighted by molar-refractivity contribution is -0.384. The number of H-pyrrole nitrogens is 1. The van der Waals surface area contributed by atoms with E-state index in [4.69, 9.17) is 0 Å². The fraction of sp³-hybridized carbons (Fsp3) is 0.545. The van der Waals surface area contributed by atoms with E-state index in [1.807, 2.05) is 11.9 Å². The van der Waals surface area contributed by atoms with E-state index in [0.717, 1.165) is 19.4 Å². The lowest BCUT2D eigenvalue weighted by atomic mass is 10.2. The van der Waals surface area contributed by atoms with E-state index in [0.29, 0.717) is 5.69 Å². The van der Waals surface area contributed by atoms with Gasteiger partial charge in [-0.3, -0.25) is 19.8 Å². The van der Waals surface area contributed by atoms with Crippen LogP contribution in [-0.2, 0) is 0 Å². The van der Waals surface area contributed by atoms with E-state index in [9.17, 15) is 14.9 Å². The summed E-state index contributed by atoms with van der Waals surface area (Å²) < 4.78 is 0. The number of hydrogen-bond acceptors (Lipinski definition) is 4. The summed E-state index contributed by atoms with van der Waals surface area (Å²) >= 11 is 0. The molecule has 0 radical (unpaired) electrons. The number of nitrogens with one attached hydrogen (secondary N) is 1. The molecule has 0 aliphatic carbocycles. The molecule has 0 unspecified atom stereocenters. The Hall–Kier alpha value is -1.69. The molecule has 1 aromatic rings. The highest BCUT2D eigenvalue weighted by molar-refractivity contribution is 5.96. The number of aromatic amines is 1. The minimum absolute atomic E-state index is 0.0791. The Morgan fingerprint density at radius 2 is 2.29 bits per heavy atom. The first-order valence-electron chi connectivity index (χ1n) is 5.59. The van der Waals surface area contributed by atoms with E-state index in [-0.39, 0.29) is 18.0 Å². The molecule has 0 aromatic carbocycles. The Morgan fingerprint density at radius 3 is 2.82 bits per heavy atom. The predicted octanol–water partition coefficient (Wildman–Crippen LogP) is 1.84. The van der Waals surface area contributed by atoms with Gasteiger partial charge in [0.05, 0.1) is 23.4 Å². The average molecular weight is 239 g/mol. The predicted molar refractivity (Wildman–Crippen MR) is 64.2 cm³/mol. The minimum atomic E-state index is -0.520. The van der Waals surface area contributed by atoms with Crippen LogP contribution in [0.4, 0.5) is 5.69 Å². The molecule has 0 bridgehead atoms. The largest absolute Gasteiger partial charge is 0.353 e. The van der Waals surface area contributed by atoms with Gasteiger partial charge in [0.25, 0.3) is 5.69 Å². The number of unbranched alkanes of at least 4 members (excludes halogenated alkanes) is 1. The van der Waals surface area contributed by atoms with Crippen LogP contribution in [0.1, 0.15) is 30.3 Å². The van der Waals surface area contributed by atoms with Crippen LogP contribution in [0, 0.1) is 10.1 Å². The summed E-state index contributed by atoms with van der Waals surface area (Å²) in [6.07, 6.45) is 3.35. The van der Waals surface area contributed by atoms with Crippen molar-refractivity contribution in [2.75, 3.05) is 20.1 Å². The van der Waals surface area contributed by atoms with Crippen molar-refractivity contribution < 1.29 is 9.72 Å². The number of likely N-dealkylation sites (N-methyl/N-ethyl adjacent to an activating group) is 1. The zero-order chi connectivity index (χ0) is 12.8. The molecule has 0 saturated carbocycles. The number of nitrogens with zero attached hydrogens (tertiary/aromatic N) is 2. The summed E-state index contributed by atoms with van der Waals surface area (Å²) in [5, 5.41) is 10.5. The first-order chi connectivity index (χ1) is 8.04. The number of carbonyl (C=O) groups excluding carboxylic acids is 1. The van der Waals surface area contributed by atoms with Gasteiger partial charge in [-0.15, -0.1) is 0 Å². The summed E-state index contributed by atoms with van der Waals surface area (Å²) in [7, 11) is 1.87. The average Bonchev–Trinajstić information content (AvgIpc) is 2.75. The highest BCUT2D eigenvalue weighted by Crippen LogP contribution is 2.12. The summed E-state index contributed by atoms with van der Waals surface area (Å²) in [4.78, 5) is 26.2. The van der Waals surface area contributed by atoms with E-state index < -0.39 is 4.92 Å². The lowest BCUT2D eigenvalue weighted by Crippen LogP contribution is -2.27. The monoisotopic (exact) mass is 239 g/mol.